The maximum absolute atomic E-state index is 12.0. The lowest BCUT2D eigenvalue weighted by Crippen LogP contribution is -2.39. The number of nitrogens with two attached hydrogens (primary N) is 1. The van der Waals surface area contributed by atoms with E-state index in [0.29, 0.717) is 12.5 Å². The Hall–Kier alpha value is -1.26. The number of primary amides is 1. The minimum Gasteiger partial charge on any atom is -0.448 e. The Morgan fingerprint density at radius 3 is 2.61 bits per heavy atom. The molecule has 0 unspecified atom stereocenters. The number of carbonyl (C=O) groups excluding carboxylic acids is 2. The van der Waals surface area contributed by atoms with Crippen molar-refractivity contribution in [2.24, 2.45) is 23.0 Å². The van der Waals surface area contributed by atoms with Crippen LogP contribution < -0.4 is 11.1 Å². The predicted octanol–water partition coefficient (Wildman–Crippen LogP) is 1.66. The Bertz CT molecular complexity index is 315. The van der Waals surface area contributed by atoms with E-state index in [1.54, 1.807) is 0 Å². The summed E-state index contributed by atoms with van der Waals surface area (Å²) in [5, 5.41) is 2.79. The topological polar surface area (TPSA) is 81.4 Å². The van der Waals surface area contributed by atoms with Gasteiger partial charge in [-0.3, -0.25) is 4.79 Å². The van der Waals surface area contributed by atoms with Gasteiger partial charge in [0.1, 0.15) is 6.61 Å². The monoisotopic (exact) mass is 256 g/mol. The fraction of sp³-hybridized carbons (Fsp3) is 0.846. The molecule has 0 bridgehead atoms. The van der Waals surface area contributed by atoms with Crippen molar-refractivity contribution in [3.8, 4) is 0 Å². The number of rotatable bonds is 4. The Balaban J connectivity index is 2.34. The number of hydrogen-bond acceptors (Lipinski definition) is 3. The molecule has 1 aliphatic carbocycles. The summed E-state index contributed by atoms with van der Waals surface area (Å²) < 4.78 is 4.57. The van der Waals surface area contributed by atoms with Crippen LogP contribution in [-0.4, -0.2) is 25.2 Å². The first-order valence-corrected chi connectivity index (χ1v) is 6.50. The van der Waals surface area contributed by atoms with E-state index in [0.717, 1.165) is 12.8 Å². The molecule has 3 N–H and O–H groups in total. The minimum absolute atomic E-state index is 0.0581. The molecule has 104 valence electrons. The Labute approximate surface area is 108 Å². The molecule has 0 spiro atoms. The van der Waals surface area contributed by atoms with E-state index >= 15 is 0 Å². The Kier molecular flexibility index (Phi) is 4.99. The molecule has 1 saturated carbocycles. The molecule has 0 aliphatic heterocycles. The van der Waals surface area contributed by atoms with Crippen molar-refractivity contribution in [2.75, 3.05) is 13.2 Å². The van der Waals surface area contributed by atoms with Crippen molar-refractivity contribution in [3.63, 3.8) is 0 Å². The van der Waals surface area contributed by atoms with Gasteiger partial charge in [-0.25, -0.2) is 4.79 Å². The van der Waals surface area contributed by atoms with Gasteiger partial charge in [0, 0.05) is 5.92 Å². The van der Waals surface area contributed by atoms with Crippen LogP contribution in [-0.2, 0) is 9.53 Å². The summed E-state index contributed by atoms with van der Waals surface area (Å²) in [6.07, 6.45) is 2.21. The standard InChI is InChI=1S/C13H24N2O3/c1-9-6-10(8-13(2,3)7-9)11(16)15-4-5-18-12(14)17/h9-10H,4-8H2,1-3H3,(H2,14,17)(H,15,16)/t9-,10+/m1/s1. The van der Waals surface area contributed by atoms with E-state index in [1.807, 2.05) is 0 Å². The van der Waals surface area contributed by atoms with Gasteiger partial charge < -0.3 is 15.8 Å². The minimum atomic E-state index is -0.809. The van der Waals surface area contributed by atoms with Gasteiger partial charge in [-0.15, -0.1) is 0 Å². The molecule has 2 atom stereocenters. The van der Waals surface area contributed by atoms with E-state index in [4.69, 9.17) is 5.73 Å². The number of nitrogens with one attached hydrogen (secondary N) is 1. The van der Waals surface area contributed by atoms with Gasteiger partial charge in [0.05, 0.1) is 6.54 Å². The first-order valence-electron chi connectivity index (χ1n) is 6.50. The molecule has 0 aromatic rings. The molecular formula is C13H24N2O3. The third kappa shape index (κ3) is 4.94. The van der Waals surface area contributed by atoms with Crippen molar-refractivity contribution in [1.82, 2.24) is 5.32 Å². The Morgan fingerprint density at radius 1 is 1.39 bits per heavy atom. The fourth-order valence-electron chi connectivity index (χ4n) is 3.02. The summed E-state index contributed by atoms with van der Waals surface area (Å²) in [5.41, 5.74) is 5.06. The van der Waals surface area contributed by atoms with Crippen LogP contribution in [0, 0.1) is 17.3 Å². The maximum atomic E-state index is 12.0. The maximum Gasteiger partial charge on any atom is 0.404 e. The van der Waals surface area contributed by atoms with Crippen LogP contribution >= 0.6 is 0 Å². The zero-order valence-corrected chi connectivity index (χ0v) is 11.5. The third-order valence-electron chi connectivity index (χ3n) is 3.40. The SMILES string of the molecule is C[C@@H]1C[C@H](C(=O)NCCOC(N)=O)CC(C)(C)C1. The van der Waals surface area contributed by atoms with Crippen molar-refractivity contribution in [1.29, 1.82) is 0 Å². The predicted molar refractivity (Wildman–Crippen MR) is 68.8 cm³/mol. The highest BCUT2D eigenvalue weighted by molar-refractivity contribution is 5.78. The molecule has 5 heteroatoms. The smallest absolute Gasteiger partial charge is 0.404 e. The number of ether oxygens (including phenoxy) is 1. The van der Waals surface area contributed by atoms with E-state index < -0.39 is 6.09 Å². The second-order valence-corrected chi connectivity index (χ2v) is 6.07. The lowest BCUT2D eigenvalue weighted by Gasteiger charge is -2.38. The third-order valence-corrected chi connectivity index (χ3v) is 3.40. The molecular weight excluding hydrogens is 232 g/mol. The van der Waals surface area contributed by atoms with Gasteiger partial charge in [0.25, 0.3) is 0 Å². The molecule has 0 saturated heterocycles. The van der Waals surface area contributed by atoms with Gasteiger partial charge >= 0.3 is 6.09 Å². The molecule has 0 aromatic heterocycles. The molecule has 1 aliphatic rings. The van der Waals surface area contributed by atoms with Crippen LogP contribution in [0.4, 0.5) is 4.79 Å². The van der Waals surface area contributed by atoms with Crippen molar-refractivity contribution >= 4 is 12.0 Å². The second kappa shape index (κ2) is 6.07. The quantitative estimate of drug-likeness (QED) is 0.750. The fourth-order valence-corrected chi connectivity index (χ4v) is 3.02. The lowest BCUT2D eigenvalue weighted by molar-refractivity contribution is -0.128. The van der Waals surface area contributed by atoms with Crippen molar-refractivity contribution in [3.05, 3.63) is 0 Å². The zero-order valence-electron chi connectivity index (χ0n) is 11.5. The van der Waals surface area contributed by atoms with Crippen molar-refractivity contribution < 1.29 is 14.3 Å². The molecule has 1 fully saturated rings. The van der Waals surface area contributed by atoms with E-state index in [-0.39, 0.29) is 23.8 Å². The number of hydrogen-bond donors (Lipinski definition) is 2. The van der Waals surface area contributed by atoms with Crippen LogP contribution in [0.25, 0.3) is 0 Å². The Morgan fingerprint density at radius 2 is 2.06 bits per heavy atom. The van der Waals surface area contributed by atoms with Crippen molar-refractivity contribution in [2.45, 2.75) is 40.0 Å². The van der Waals surface area contributed by atoms with Gasteiger partial charge in [-0.05, 0) is 30.6 Å². The van der Waals surface area contributed by atoms with Crippen LogP contribution in [0.15, 0.2) is 0 Å². The van der Waals surface area contributed by atoms with Crippen LogP contribution in [0.3, 0.4) is 0 Å². The second-order valence-electron chi connectivity index (χ2n) is 6.07. The van der Waals surface area contributed by atoms with E-state index in [1.165, 1.54) is 6.42 Å². The number of carbonyl (C=O) groups is 2. The largest absolute Gasteiger partial charge is 0.448 e. The summed E-state index contributed by atoms with van der Waals surface area (Å²) in [7, 11) is 0. The first-order chi connectivity index (χ1) is 8.30. The molecule has 0 radical (unpaired) electrons. The summed E-state index contributed by atoms with van der Waals surface area (Å²) in [4.78, 5) is 22.4. The molecule has 1 rings (SSSR count). The molecule has 5 nitrogen and oxygen atoms in total. The zero-order chi connectivity index (χ0) is 13.8. The highest BCUT2D eigenvalue weighted by Gasteiger charge is 2.35. The molecule has 18 heavy (non-hydrogen) atoms. The number of amides is 2. The van der Waals surface area contributed by atoms with E-state index in [9.17, 15) is 9.59 Å². The summed E-state index contributed by atoms with van der Waals surface area (Å²) in [6, 6.07) is 0. The van der Waals surface area contributed by atoms with Gasteiger partial charge in [-0.1, -0.05) is 20.8 Å². The lowest BCUT2D eigenvalue weighted by atomic mass is 9.68. The highest BCUT2D eigenvalue weighted by Crippen LogP contribution is 2.41. The highest BCUT2D eigenvalue weighted by atomic mass is 16.5. The van der Waals surface area contributed by atoms with Gasteiger partial charge in [0.2, 0.25) is 5.91 Å². The van der Waals surface area contributed by atoms with Gasteiger partial charge in [0.15, 0.2) is 0 Å². The van der Waals surface area contributed by atoms with Crippen LogP contribution in [0.5, 0.6) is 0 Å². The summed E-state index contributed by atoms with van der Waals surface area (Å²) in [5.74, 6) is 0.700. The first kappa shape index (κ1) is 14.8. The summed E-state index contributed by atoms with van der Waals surface area (Å²) >= 11 is 0. The average molecular weight is 256 g/mol. The van der Waals surface area contributed by atoms with Gasteiger partial charge in [-0.2, -0.15) is 0 Å². The molecule has 0 heterocycles. The normalized spacial score (nSPS) is 26.4. The van der Waals surface area contributed by atoms with Crippen LogP contribution in [0.2, 0.25) is 0 Å². The average Bonchev–Trinajstić information content (AvgIpc) is 2.20. The summed E-state index contributed by atoms with van der Waals surface area (Å²) in [6.45, 7) is 7.06. The molecule has 2 amide bonds. The molecule has 0 aromatic carbocycles. The van der Waals surface area contributed by atoms with Crippen LogP contribution in [0.1, 0.15) is 40.0 Å². The van der Waals surface area contributed by atoms with E-state index in [2.05, 4.69) is 30.8 Å².